The quantitative estimate of drug-likeness (QED) is 0.681. The first-order valence-corrected chi connectivity index (χ1v) is 9.37. The van der Waals surface area contributed by atoms with Crippen LogP contribution in [0.2, 0.25) is 0 Å². The Labute approximate surface area is 156 Å². The van der Waals surface area contributed by atoms with E-state index in [0.29, 0.717) is 18.4 Å². The molecule has 0 aliphatic rings. The van der Waals surface area contributed by atoms with Crippen LogP contribution in [0.4, 0.5) is 5.69 Å². The van der Waals surface area contributed by atoms with Gasteiger partial charge in [-0.05, 0) is 28.5 Å². The Hall–Kier alpha value is -2.17. The third-order valence-electron chi connectivity index (χ3n) is 4.54. The van der Waals surface area contributed by atoms with E-state index in [1.54, 1.807) is 0 Å². The summed E-state index contributed by atoms with van der Waals surface area (Å²) in [4.78, 5) is 12.5. The number of anilines is 1. The molecule has 4 nitrogen and oxygen atoms in total. The molecule has 2 aromatic carbocycles. The number of benzene rings is 2. The zero-order chi connectivity index (χ0) is 19.1. The summed E-state index contributed by atoms with van der Waals surface area (Å²) in [6.45, 7) is 9.29. The topological polar surface area (TPSA) is 65.9 Å². The zero-order valence-corrected chi connectivity index (χ0v) is 16.2. The second kappa shape index (κ2) is 9.51. The highest BCUT2D eigenvalue weighted by molar-refractivity contribution is 5.93. The molecule has 1 amide bonds. The third-order valence-corrected chi connectivity index (χ3v) is 4.54. The molecule has 0 bridgehead atoms. The molecular formula is C22H31N2O2+. The van der Waals surface area contributed by atoms with Crippen molar-refractivity contribution in [1.82, 2.24) is 0 Å². The van der Waals surface area contributed by atoms with Gasteiger partial charge in [0.2, 0.25) is 0 Å². The van der Waals surface area contributed by atoms with Gasteiger partial charge in [0.25, 0.3) is 5.91 Å². The normalized spacial score (nSPS) is 12.4. The standard InChI is InChI=1S/C22H30N2O2/c1-15(2)18-11-8-12-19(16(3)4)22(18)24-21(26)14-23-13-20(25)17-9-6-5-7-10-17/h5-12,15-16,20,23,25H,13-14H2,1-4H3,(H,24,26)/p+1/t20-/m0/s1. The van der Waals surface area contributed by atoms with Crippen LogP contribution in [0, 0.1) is 0 Å². The van der Waals surface area contributed by atoms with Crippen molar-refractivity contribution < 1.29 is 15.2 Å². The number of carbonyl (C=O) groups is 1. The van der Waals surface area contributed by atoms with Gasteiger partial charge in [-0.2, -0.15) is 0 Å². The van der Waals surface area contributed by atoms with E-state index in [9.17, 15) is 9.90 Å². The van der Waals surface area contributed by atoms with Crippen LogP contribution in [0.25, 0.3) is 0 Å². The minimum absolute atomic E-state index is 0.0414. The van der Waals surface area contributed by atoms with Gasteiger partial charge in [-0.15, -0.1) is 0 Å². The Balaban J connectivity index is 1.97. The predicted molar refractivity (Wildman–Crippen MR) is 106 cm³/mol. The van der Waals surface area contributed by atoms with Crippen molar-refractivity contribution in [3.63, 3.8) is 0 Å². The molecule has 4 heteroatoms. The summed E-state index contributed by atoms with van der Waals surface area (Å²) in [6, 6.07) is 15.7. The van der Waals surface area contributed by atoms with Crippen molar-refractivity contribution in [2.75, 3.05) is 18.4 Å². The van der Waals surface area contributed by atoms with Crippen molar-refractivity contribution >= 4 is 11.6 Å². The van der Waals surface area contributed by atoms with E-state index >= 15 is 0 Å². The average molecular weight is 356 g/mol. The molecule has 0 aliphatic heterocycles. The van der Waals surface area contributed by atoms with Crippen molar-refractivity contribution in [1.29, 1.82) is 0 Å². The third kappa shape index (κ3) is 5.41. The summed E-state index contributed by atoms with van der Waals surface area (Å²) >= 11 is 0. The average Bonchev–Trinajstić information content (AvgIpc) is 2.62. The second-order valence-electron chi connectivity index (χ2n) is 7.32. The van der Waals surface area contributed by atoms with Crippen molar-refractivity contribution in [2.24, 2.45) is 0 Å². The van der Waals surface area contributed by atoms with E-state index in [-0.39, 0.29) is 12.5 Å². The van der Waals surface area contributed by atoms with Crippen LogP contribution in [0.15, 0.2) is 48.5 Å². The Morgan fingerprint density at radius 2 is 1.54 bits per heavy atom. The molecule has 26 heavy (non-hydrogen) atoms. The molecule has 1 atom stereocenters. The van der Waals surface area contributed by atoms with E-state index in [1.165, 1.54) is 0 Å². The number of amides is 1. The number of rotatable bonds is 8. The summed E-state index contributed by atoms with van der Waals surface area (Å²) in [5.41, 5.74) is 4.14. The fraction of sp³-hybridized carbons (Fsp3) is 0.409. The van der Waals surface area contributed by atoms with E-state index in [2.05, 4.69) is 51.2 Å². The molecule has 4 N–H and O–H groups in total. The van der Waals surface area contributed by atoms with Crippen LogP contribution in [-0.4, -0.2) is 24.1 Å². The molecule has 0 unspecified atom stereocenters. The first kappa shape index (κ1) is 20.1. The lowest BCUT2D eigenvalue weighted by Gasteiger charge is -2.20. The minimum atomic E-state index is -0.571. The van der Waals surface area contributed by atoms with Gasteiger partial charge in [-0.25, -0.2) is 0 Å². The first-order valence-electron chi connectivity index (χ1n) is 9.37. The van der Waals surface area contributed by atoms with E-state index in [4.69, 9.17) is 0 Å². The summed E-state index contributed by atoms with van der Waals surface area (Å²) in [6.07, 6.45) is -0.571. The number of para-hydroxylation sites is 1. The van der Waals surface area contributed by atoms with Gasteiger partial charge < -0.3 is 15.7 Å². The van der Waals surface area contributed by atoms with E-state index in [0.717, 1.165) is 22.4 Å². The molecule has 2 aromatic rings. The van der Waals surface area contributed by atoms with Crippen LogP contribution < -0.4 is 10.6 Å². The Kier molecular flexibility index (Phi) is 7.37. The fourth-order valence-electron chi connectivity index (χ4n) is 3.07. The van der Waals surface area contributed by atoms with Gasteiger partial charge in [0.05, 0.1) is 0 Å². The Bertz CT molecular complexity index is 685. The van der Waals surface area contributed by atoms with E-state index < -0.39 is 6.10 Å². The largest absolute Gasteiger partial charge is 0.382 e. The fourth-order valence-corrected chi connectivity index (χ4v) is 3.07. The van der Waals surface area contributed by atoms with Crippen molar-refractivity contribution in [2.45, 2.75) is 45.6 Å². The molecule has 2 rings (SSSR count). The highest BCUT2D eigenvalue weighted by atomic mass is 16.3. The van der Waals surface area contributed by atoms with Gasteiger partial charge in [0.15, 0.2) is 6.54 Å². The zero-order valence-electron chi connectivity index (χ0n) is 16.2. The van der Waals surface area contributed by atoms with Gasteiger partial charge in [-0.1, -0.05) is 76.2 Å². The summed E-state index contributed by atoms with van der Waals surface area (Å²) in [5, 5.41) is 15.1. The number of nitrogens with one attached hydrogen (secondary N) is 1. The summed E-state index contributed by atoms with van der Waals surface area (Å²) in [7, 11) is 0. The summed E-state index contributed by atoms with van der Waals surface area (Å²) < 4.78 is 0. The number of aliphatic hydroxyl groups excluding tert-OH is 1. The monoisotopic (exact) mass is 355 g/mol. The van der Waals surface area contributed by atoms with Crippen LogP contribution in [0.5, 0.6) is 0 Å². The number of aliphatic hydroxyl groups is 1. The highest BCUT2D eigenvalue weighted by Crippen LogP contribution is 2.32. The van der Waals surface area contributed by atoms with Crippen LogP contribution in [0.3, 0.4) is 0 Å². The molecule has 0 heterocycles. The van der Waals surface area contributed by atoms with Crippen molar-refractivity contribution in [3.8, 4) is 0 Å². The first-order chi connectivity index (χ1) is 12.4. The molecule has 140 valence electrons. The lowest BCUT2D eigenvalue weighted by molar-refractivity contribution is -0.651. The van der Waals surface area contributed by atoms with Gasteiger partial charge in [0, 0.05) is 5.69 Å². The molecule has 0 fully saturated rings. The maximum Gasteiger partial charge on any atom is 0.279 e. The van der Waals surface area contributed by atoms with Crippen LogP contribution in [0.1, 0.15) is 62.3 Å². The van der Waals surface area contributed by atoms with E-state index in [1.807, 2.05) is 35.6 Å². The molecule has 0 saturated heterocycles. The SMILES string of the molecule is CC(C)c1cccc(C(C)C)c1NC(=O)C[NH2+]C[C@H](O)c1ccccc1. The lowest BCUT2D eigenvalue weighted by atomic mass is 9.92. The maximum atomic E-state index is 12.5. The predicted octanol–water partition coefficient (Wildman–Crippen LogP) is 3.17. The highest BCUT2D eigenvalue weighted by Gasteiger charge is 2.17. The van der Waals surface area contributed by atoms with Crippen LogP contribution >= 0.6 is 0 Å². The minimum Gasteiger partial charge on any atom is -0.382 e. The molecular weight excluding hydrogens is 324 g/mol. The van der Waals surface area contributed by atoms with Crippen LogP contribution in [-0.2, 0) is 4.79 Å². The molecule has 0 spiro atoms. The molecule has 0 saturated carbocycles. The smallest absolute Gasteiger partial charge is 0.279 e. The maximum absolute atomic E-state index is 12.5. The lowest BCUT2D eigenvalue weighted by Crippen LogP contribution is -2.87. The number of hydrogen-bond donors (Lipinski definition) is 3. The van der Waals surface area contributed by atoms with Gasteiger partial charge in [0.1, 0.15) is 12.6 Å². The van der Waals surface area contributed by atoms with Gasteiger partial charge in [-0.3, -0.25) is 4.79 Å². The molecule has 0 aromatic heterocycles. The Morgan fingerprint density at radius 1 is 0.962 bits per heavy atom. The number of quaternary nitrogens is 1. The molecule has 0 radical (unpaired) electrons. The van der Waals surface area contributed by atoms with Crippen molar-refractivity contribution in [3.05, 3.63) is 65.2 Å². The number of carbonyl (C=O) groups excluding carboxylic acids is 1. The second-order valence-corrected chi connectivity index (χ2v) is 7.32. The molecule has 0 aliphatic carbocycles. The Morgan fingerprint density at radius 3 is 2.08 bits per heavy atom. The summed E-state index contributed by atoms with van der Waals surface area (Å²) in [5.74, 6) is 0.640. The number of nitrogens with two attached hydrogens (primary N) is 1. The number of hydrogen-bond acceptors (Lipinski definition) is 2. The van der Waals surface area contributed by atoms with Gasteiger partial charge >= 0.3 is 0 Å².